The van der Waals surface area contributed by atoms with Crippen molar-refractivity contribution in [2.75, 3.05) is 13.7 Å². The highest BCUT2D eigenvalue weighted by atomic mass is 32.2. The molecule has 1 N–H and O–H groups in total. The van der Waals surface area contributed by atoms with Crippen LogP contribution < -0.4 is 4.74 Å². The summed E-state index contributed by atoms with van der Waals surface area (Å²) in [5.74, 6) is -0.106. The first-order valence-electron chi connectivity index (χ1n) is 11.8. The third kappa shape index (κ3) is 5.44. The minimum atomic E-state index is -3.98. The van der Waals surface area contributed by atoms with Gasteiger partial charge in [0.25, 0.3) is 10.0 Å². The maximum absolute atomic E-state index is 14.4. The van der Waals surface area contributed by atoms with Crippen LogP contribution in [0.1, 0.15) is 49.0 Å². The van der Waals surface area contributed by atoms with Gasteiger partial charge in [-0.05, 0) is 66.6 Å². The van der Waals surface area contributed by atoms with E-state index < -0.39 is 32.6 Å². The zero-order valence-corrected chi connectivity index (χ0v) is 21.3. The van der Waals surface area contributed by atoms with Gasteiger partial charge >= 0.3 is 0 Å². The topological polar surface area (TPSA) is 85.2 Å². The van der Waals surface area contributed by atoms with E-state index >= 15 is 0 Å². The molecule has 8 heteroatoms. The fourth-order valence-corrected chi connectivity index (χ4v) is 6.52. The minimum Gasteiger partial charge on any atom is -0.497 e. The molecular formula is C28H30FNO5S. The average Bonchev–Trinajstić information content (AvgIpc) is 2.83. The molecule has 1 aliphatic heterocycles. The first kappa shape index (κ1) is 25.9. The third-order valence-corrected chi connectivity index (χ3v) is 8.31. The van der Waals surface area contributed by atoms with Crippen LogP contribution in [0.2, 0.25) is 0 Å². The van der Waals surface area contributed by atoms with Crippen LogP contribution in [0.25, 0.3) is 11.1 Å². The Labute approximate surface area is 211 Å². The molecule has 4 rings (SSSR count). The van der Waals surface area contributed by atoms with E-state index in [-0.39, 0.29) is 25.3 Å². The number of nitrogens with zero attached hydrogens (tertiary/aromatic N) is 1. The molecule has 1 unspecified atom stereocenters. The maximum atomic E-state index is 14.4. The monoisotopic (exact) mass is 511 g/mol. The zero-order valence-electron chi connectivity index (χ0n) is 20.5. The van der Waals surface area contributed by atoms with Crippen LogP contribution in [-0.2, 0) is 14.8 Å². The Balaban J connectivity index is 1.61. The Kier molecular flexibility index (Phi) is 7.47. The summed E-state index contributed by atoms with van der Waals surface area (Å²) < 4.78 is 56.5. The molecule has 0 saturated heterocycles. The van der Waals surface area contributed by atoms with Crippen molar-refractivity contribution in [1.82, 2.24) is 0 Å². The molecule has 0 bridgehead atoms. The van der Waals surface area contributed by atoms with Crippen molar-refractivity contribution < 1.29 is 27.4 Å². The van der Waals surface area contributed by atoms with Crippen LogP contribution in [0.3, 0.4) is 0 Å². The first-order valence-corrected chi connectivity index (χ1v) is 13.3. The number of hydrogen-bond acceptors (Lipinski definition) is 5. The molecule has 0 amide bonds. The quantitative estimate of drug-likeness (QED) is 0.423. The van der Waals surface area contributed by atoms with E-state index in [9.17, 15) is 17.9 Å². The van der Waals surface area contributed by atoms with Crippen LogP contribution in [-0.4, -0.2) is 38.7 Å². The van der Waals surface area contributed by atoms with Crippen molar-refractivity contribution in [3.05, 3.63) is 89.7 Å². The second kappa shape index (κ2) is 10.4. The number of aliphatic hydroxyl groups excluding tert-OH is 1. The molecule has 190 valence electrons. The fourth-order valence-electron chi connectivity index (χ4n) is 4.76. The highest BCUT2D eigenvalue weighted by Gasteiger charge is 2.47. The number of hydrogen-bond donors (Lipinski definition) is 1. The molecule has 0 radical (unpaired) electrons. The molecule has 0 aromatic heterocycles. The van der Waals surface area contributed by atoms with Gasteiger partial charge in [0.1, 0.15) is 22.4 Å². The smallest absolute Gasteiger partial charge is 0.267 e. The number of halogens is 1. The number of aliphatic hydroxyl groups is 1. The number of rotatable bonds is 8. The summed E-state index contributed by atoms with van der Waals surface area (Å²) >= 11 is 0. The zero-order chi connectivity index (χ0) is 25.9. The molecule has 6 nitrogen and oxygen atoms in total. The molecule has 0 aliphatic carbocycles. The summed E-state index contributed by atoms with van der Waals surface area (Å²) in [5.41, 5.74) is 1.77. The number of sulfonamides is 1. The predicted octanol–water partition coefficient (Wildman–Crippen LogP) is 5.64. The first-order chi connectivity index (χ1) is 17.1. The predicted molar refractivity (Wildman–Crippen MR) is 138 cm³/mol. The Morgan fingerprint density at radius 2 is 1.64 bits per heavy atom. The summed E-state index contributed by atoms with van der Waals surface area (Å²) in [6.45, 7) is 3.25. The molecule has 3 aromatic rings. The maximum Gasteiger partial charge on any atom is 0.267 e. The van der Waals surface area contributed by atoms with E-state index in [0.717, 1.165) is 16.9 Å². The molecule has 0 spiro atoms. The summed E-state index contributed by atoms with van der Waals surface area (Å²) in [5, 5.41) is 8.51. The highest BCUT2D eigenvalue weighted by Crippen LogP contribution is 2.42. The van der Waals surface area contributed by atoms with E-state index in [1.807, 2.05) is 36.4 Å². The summed E-state index contributed by atoms with van der Waals surface area (Å²) in [7, 11) is -2.37. The van der Waals surface area contributed by atoms with Crippen LogP contribution in [0, 0.1) is 5.82 Å². The van der Waals surface area contributed by atoms with Gasteiger partial charge in [-0.2, -0.15) is 0 Å². The molecule has 0 fully saturated rings. The van der Waals surface area contributed by atoms with Gasteiger partial charge in [-0.1, -0.05) is 54.6 Å². The summed E-state index contributed by atoms with van der Waals surface area (Å²) in [6.07, 6.45) is 0.313. The standard InChI is InChI=1S/C28H30FNO5S/c1-28(2)27(21-10-8-19(9-11-21)20-12-14-23(34-3)15-13-20)36(32,33)30-26(35-28)18-22(16-17-31)24-6-4-5-7-25(24)29/h4-15,22,27,31H,16-18H2,1-3H3/t22-,27?/m1/s1. The Hall–Kier alpha value is -3.23. The molecule has 0 saturated carbocycles. The third-order valence-electron chi connectivity index (χ3n) is 6.42. The Bertz CT molecular complexity index is 1340. The van der Waals surface area contributed by atoms with Gasteiger partial charge < -0.3 is 14.6 Å². The largest absolute Gasteiger partial charge is 0.497 e. The minimum absolute atomic E-state index is 0.0211. The van der Waals surface area contributed by atoms with Gasteiger partial charge in [-0.25, -0.2) is 12.8 Å². The summed E-state index contributed by atoms with van der Waals surface area (Å²) in [4.78, 5) is 0. The van der Waals surface area contributed by atoms with Gasteiger partial charge in [-0.3, -0.25) is 0 Å². The molecule has 3 aromatic carbocycles. The van der Waals surface area contributed by atoms with E-state index in [0.29, 0.717) is 11.1 Å². The van der Waals surface area contributed by atoms with Crippen LogP contribution in [0.4, 0.5) is 4.39 Å². The highest BCUT2D eigenvalue weighted by molar-refractivity contribution is 7.90. The molecule has 1 heterocycles. The van der Waals surface area contributed by atoms with Gasteiger partial charge in [0.2, 0.25) is 5.90 Å². The second-order valence-corrected chi connectivity index (χ2v) is 11.1. The van der Waals surface area contributed by atoms with E-state index in [4.69, 9.17) is 9.47 Å². The SMILES string of the molecule is COc1ccc(-c2ccc(C3C(C)(C)OC(C[C@@H](CCO)c4ccccc4F)=NS3(=O)=O)cc2)cc1. The molecular weight excluding hydrogens is 481 g/mol. The van der Waals surface area contributed by atoms with Crippen molar-refractivity contribution >= 4 is 15.9 Å². The van der Waals surface area contributed by atoms with Crippen molar-refractivity contribution in [3.63, 3.8) is 0 Å². The van der Waals surface area contributed by atoms with E-state index in [1.165, 1.54) is 6.07 Å². The average molecular weight is 512 g/mol. The van der Waals surface area contributed by atoms with Gasteiger partial charge in [0.15, 0.2) is 0 Å². The number of methoxy groups -OCH3 is 1. The molecule has 1 aliphatic rings. The van der Waals surface area contributed by atoms with Crippen molar-refractivity contribution in [3.8, 4) is 16.9 Å². The number of ether oxygens (including phenoxy) is 2. The van der Waals surface area contributed by atoms with Gasteiger partial charge in [0, 0.05) is 13.0 Å². The lowest BCUT2D eigenvalue weighted by molar-refractivity contribution is 0.0797. The fraction of sp³-hybridized carbons (Fsp3) is 0.321. The van der Waals surface area contributed by atoms with Crippen molar-refractivity contribution in [2.45, 2.75) is 43.5 Å². The van der Waals surface area contributed by atoms with Gasteiger partial charge in [-0.15, -0.1) is 4.40 Å². The lowest BCUT2D eigenvalue weighted by atomic mass is 9.91. The lowest BCUT2D eigenvalue weighted by Crippen LogP contribution is -2.43. The molecule has 2 atom stereocenters. The van der Waals surface area contributed by atoms with Gasteiger partial charge in [0.05, 0.1) is 7.11 Å². The van der Waals surface area contributed by atoms with E-state index in [2.05, 4.69) is 4.40 Å². The molecule has 36 heavy (non-hydrogen) atoms. The van der Waals surface area contributed by atoms with Crippen LogP contribution in [0.15, 0.2) is 77.2 Å². The second-order valence-electron chi connectivity index (χ2n) is 9.37. The number of benzene rings is 3. The van der Waals surface area contributed by atoms with Crippen LogP contribution in [0.5, 0.6) is 5.75 Å². The van der Waals surface area contributed by atoms with Crippen molar-refractivity contribution in [2.24, 2.45) is 4.40 Å². The Morgan fingerprint density at radius 3 is 2.19 bits per heavy atom. The van der Waals surface area contributed by atoms with Crippen molar-refractivity contribution in [1.29, 1.82) is 0 Å². The van der Waals surface area contributed by atoms with E-state index in [1.54, 1.807) is 51.3 Å². The Morgan fingerprint density at radius 1 is 1.03 bits per heavy atom. The summed E-state index contributed by atoms with van der Waals surface area (Å²) in [6, 6.07) is 21.2. The normalized spacial score (nSPS) is 19.1. The van der Waals surface area contributed by atoms with Crippen LogP contribution >= 0.6 is 0 Å². The lowest BCUT2D eigenvalue weighted by Gasteiger charge is -2.38.